The van der Waals surface area contributed by atoms with Crippen molar-refractivity contribution in [1.82, 2.24) is 0 Å². The summed E-state index contributed by atoms with van der Waals surface area (Å²) in [7, 11) is -0.457. The summed E-state index contributed by atoms with van der Waals surface area (Å²) >= 11 is 0. The first-order chi connectivity index (χ1) is 8.36. The normalized spacial score (nSPS) is 15.2. The Morgan fingerprint density at radius 2 is 1.68 bits per heavy atom. The van der Waals surface area contributed by atoms with Crippen molar-refractivity contribution in [2.24, 2.45) is 5.41 Å². The summed E-state index contributed by atoms with van der Waals surface area (Å²) < 4.78 is 10.7. The molecule has 0 aromatic heterocycles. The van der Waals surface area contributed by atoms with Crippen LogP contribution in [0.1, 0.15) is 41.0 Å². The van der Waals surface area contributed by atoms with Gasteiger partial charge in [0.1, 0.15) is 0 Å². The maximum Gasteiger partial charge on any atom is 0.313 e. The van der Waals surface area contributed by atoms with Crippen molar-refractivity contribution in [2.45, 2.75) is 65.3 Å². The van der Waals surface area contributed by atoms with Gasteiger partial charge in [-0.25, -0.2) is 0 Å². The summed E-state index contributed by atoms with van der Waals surface area (Å²) in [5, 5.41) is 10.3. The zero-order valence-corrected chi connectivity index (χ0v) is 14.7. The molecule has 0 unspecified atom stereocenters. The highest BCUT2D eigenvalue weighted by Gasteiger charge is 2.39. The van der Waals surface area contributed by atoms with Crippen LogP contribution in [0, 0.1) is 5.41 Å². The fraction of sp³-hybridized carbons (Fsp3) is 0.929. The minimum atomic E-state index is -1.79. The first kappa shape index (κ1) is 18.6. The van der Waals surface area contributed by atoms with Gasteiger partial charge in [0.15, 0.2) is 8.32 Å². The van der Waals surface area contributed by atoms with Gasteiger partial charge in [-0.3, -0.25) is 4.79 Å². The van der Waals surface area contributed by atoms with Gasteiger partial charge in [0.25, 0.3) is 0 Å². The van der Waals surface area contributed by atoms with Gasteiger partial charge in [-0.05, 0) is 38.4 Å². The molecular weight excluding hydrogens is 260 g/mol. The van der Waals surface area contributed by atoms with E-state index in [2.05, 4.69) is 33.9 Å². The Kier molecular flexibility index (Phi) is 6.24. The van der Waals surface area contributed by atoms with Crippen molar-refractivity contribution in [3.63, 3.8) is 0 Å². The number of carbonyl (C=O) groups is 1. The first-order valence-corrected chi connectivity index (χ1v) is 9.67. The SMILES string of the molecule is COC(=O)C(C)(C)[C@@H](O)CCO[Si](C)(C)C(C)(C)C. The molecule has 0 radical (unpaired) electrons. The van der Waals surface area contributed by atoms with Crippen LogP contribution in [0.4, 0.5) is 0 Å². The minimum absolute atomic E-state index is 0.149. The molecule has 0 spiro atoms. The van der Waals surface area contributed by atoms with Crippen LogP contribution in [0.25, 0.3) is 0 Å². The van der Waals surface area contributed by atoms with Gasteiger partial charge >= 0.3 is 5.97 Å². The topological polar surface area (TPSA) is 55.8 Å². The summed E-state index contributed by atoms with van der Waals surface area (Å²) in [5.74, 6) is -0.396. The molecule has 0 saturated heterocycles. The highest BCUT2D eigenvalue weighted by atomic mass is 28.4. The predicted octanol–water partition coefficient (Wildman–Crippen LogP) is 2.96. The molecule has 1 atom stereocenters. The second kappa shape index (κ2) is 6.37. The van der Waals surface area contributed by atoms with Crippen LogP contribution in [-0.4, -0.2) is 39.2 Å². The van der Waals surface area contributed by atoms with E-state index in [0.29, 0.717) is 13.0 Å². The highest BCUT2D eigenvalue weighted by Crippen LogP contribution is 2.36. The summed E-state index contributed by atoms with van der Waals surface area (Å²) in [6, 6.07) is 0. The van der Waals surface area contributed by atoms with Crippen LogP contribution in [-0.2, 0) is 14.0 Å². The van der Waals surface area contributed by atoms with E-state index >= 15 is 0 Å². The van der Waals surface area contributed by atoms with E-state index in [1.165, 1.54) is 7.11 Å². The van der Waals surface area contributed by atoms with Crippen LogP contribution >= 0.6 is 0 Å². The predicted molar refractivity (Wildman–Crippen MR) is 79.6 cm³/mol. The van der Waals surface area contributed by atoms with Crippen LogP contribution in [0.3, 0.4) is 0 Å². The number of methoxy groups -OCH3 is 1. The smallest absolute Gasteiger partial charge is 0.313 e. The third-order valence-corrected chi connectivity index (χ3v) is 8.74. The summed E-state index contributed by atoms with van der Waals surface area (Å²) in [5.41, 5.74) is -0.897. The molecule has 0 bridgehead atoms. The number of hydrogen-bond donors (Lipinski definition) is 1. The fourth-order valence-corrected chi connectivity index (χ4v) is 2.46. The number of carbonyl (C=O) groups excluding carboxylic acids is 1. The lowest BCUT2D eigenvalue weighted by Gasteiger charge is -2.37. The van der Waals surface area contributed by atoms with E-state index in [4.69, 9.17) is 9.16 Å². The van der Waals surface area contributed by atoms with Crippen molar-refractivity contribution >= 4 is 14.3 Å². The Morgan fingerprint density at radius 1 is 1.21 bits per heavy atom. The third kappa shape index (κ3) is 4.89. The standard InChI is InChI=1S/C14H30O4Si/c1-13(2,3)19(7,8)18-10-9-11(15)14(4,5)12(16)17-6/h11,15H,9-10H2,1-8H3/t11-/m0/s1. The minimum Gasteiger partial charge on any atom is -0.469 e. The lowest BCUT2D eigenvalue weighted by atomic mass is 9.85. The number of rotatable bonds is 6. The van der Waals surface area contributed by atoms with Crippen molar-refractivity contribution < 1.29 is 19.1 Å². The van der Waals surface area contributed by atoms with E-state index < -0.39 is 25.8 Å². The van der Waals surface area contributed by atoms with E-state index in [-0.39, 0.29) is 5.04 Å². The van der Waals surface area contributed by atoms with Crippen molar-refractivity contribution in [1.29, 1.82) is 0 Å². The highest BCUT2D eigenvalue weighted by molar-refractivity contribution is 6.74. The molecule has 0 fully saturated rings. The van der Waals surface area contributed by atoms with Gasteiger partial charge in [-0.1, -0.05) is 20.8 Å². The van der Waals surface area contributed by atoms with Gasteiger partial charge in [-0.15, -0.1) is 0 Å². The Morgan fingerprint density at radius 3 is 2.05 bits per heavy atom. The van der Waals surface area contributed by atoms with Gasteiger partial charge < -0.3 is 14.3 Å². The maximum absolute atomic E-state index is 11.6. The lowest BCUT2D eigenvalue weighted by Crippen LogP contribution is -2.43. The molecule has 0 heterocycles. The molecule has 0 saturated carbocycles. The molecule has 19 heavy (non-hydrogen) atoms. The average molecular weight is 290 g/mol. The molecule has 114 valence electrons. The van der Waals surface area contributed by atoms with E-state index in [1.54, 1.807) is 13.8 Å². The number of aliphatic hydroxyl groups excluding tert-OH is 1. The average Bonchev–Trinajstić information content (AvgIpc) is 2.25. The second-order valence-electron chi connectivity index (χ2n) is 7.13. The Hall–Kier alpha value is -0.393. The quantitative estimate of drug-likeness (QED) is 0.603. The molecule has 1 N–H and O–H groups in total. The van der Waals surface area contributed by atoms with Gasteiger partial charge in [0.2, 0.25) is 0 Å². The fourth-order valence-electron chi connectivity index (χ4n) is 1.40. The summed E-state index contributed by atoms with van der Waals surface area (Å²) in [4.78, 5) is 11.6. The lowest BCUT2D eigenvalue weighted by molar-refractivity contribution is -0.157. The van der Waals surface area contributed by atoms with Crippen LogP contribution < -0.4 is 0 Å². The second-order valence-corrected chi connectivity index (χ2v) is 11.9. The molecular formula is C14H30O4Si. The molecule has 0 aromatic rings. The molecule has 4 nitrogen and oxygen atoms in total. The largest absolute Gasteiger partial charge is 0.469 e. The Balaban J connectivity index is 4.41. The van der Waals surface area contributed by atoms with E-state index in [0.717, 1.165) is 0 Å². The van der Waals surface area contributed by atoms with E-state index in [9.17, 15) is 9.90 Å². The molecule has 0 amide bonds. The number of esters is 1. The zero-order chi connectivity index (χ0) is 15.5. The molecule has 0 rings (SSSR count). The molecule has 0 aliphatic heterocycles. The Bertz CT molecular complexity index is 305. The van der Waals surface area contributed by atoms with E-state index in [1.807, 2.05) is 0 Å². The molecule has 0 aliphatic rings. The van der Waals surface area contributed by atoms with Gasteiger partial charge in [0, 0.05) is 6.61 Å². The zero-order valence-electron chi connectivity index (χ0n) is 13.7. The first-order valence-electron chi connectivity index (χ1n) is 6.76. The van der Waals surface area contributed by atoms with Crippen molar-refractivity contribution in [2.75, 3.05) is 13.7 Å². The molecule has 0 aliphatic carbocycles. The van der Waals surface area contributed by atoms with Crippen LogP contribution in [0.5, 0.6) is 0 Å². The van der Waals surface area contributed by atoms with Crippen molar-refractivity contribution in [3.05, 3.63) is 0 Å². The van der Waals surface area contributed by atoms with Crippen LogP contribution in [0.15, 0.2) is 0 Å². The van der Waals surface area contributed by atoms with Crippen LogP contribution in [0.2, 0.25) is 18.1 Å². The molecule has 5 heteroatoms. The number of hydrogen-bond acceptors (Lipinski definition) is 4. The third-order valence-electron chi connectivity index (χ3n) is 4.20. The molecule has 0 aromatic carbocycles. The van der Waals surface area contributed by atoms with Gasteiger partial charge in [0.05, 0.1) is 18.6 Å². The summed E-state index contributed by atoms with van der Waals surface area (Å²) in [6.45, 7) is 14.7. The van der Waals surface area contributed by atoms with Crippen molar-refractivity contribution in [3.8, 4) is 0 Å². The van der Waals surface area contributed by atoms with Gasteiger partial charge in [-0.2, -0.15) is 0 Å². The number of aliphatic hydroxyl groups is 1. The summed E-state index contributed by atoms with van der Waals surface area (Å²) in [6.07, 6.45) is -0.320. The maximum atomic E-state index is 11.6. The Labute approximate surface area is 118 Å². The number of ether oxygens (including phenoxy) is 1. The monoisotopic (exact) mass is 290 g/mol.